The standard InChI is InChI=1S/C59H48N3O8P/c1-60-29-31-71(4)70-55-47(34-68-59(41-8-6-5-7-9-41,42-19-23-44(65-2)24-20-42)43-21-25-45(66-3)26-22-43)69-57(62-30-28-48(63)61-58(62)64)56(55)67-33-40-32-39-17-16-37-13-11-35-10-12-36-14-15-38-18-27-46(40)54-52(38)50(36)49(35)51(37)53(39)54/h5-28,30,32,47,55-57H,29,31,33-34H2,2-4H3,(H,61,63,64)/t47-,55?,56+,57-,71?/m1/s1. The first kappa shape index (κ1) is 44.8. The molecule has 11 aromatic rings. The fraction of sp³-hybridized carbons (Fsp3) is 0.203. The molecular weight excluding hydrogens is 910 g/mol. The number of nitrogens with one attached hydrogen (secondary N) is 1. The number of H-pyrrole nitrogens is 1. The molecule has 1 aliphatic rings. The summed E-state index contributed by atoms with van der Waals surface area (Å²) >= 11 is 0. The van der Waals surface area contributed by atoms with Crippen LogP contribution in [0, 0.1) is 6.57 Å². The van der Waals surface area contributed by atoms with Crippen molar-refractivity contribution in [2.45, 2.75) is 36.7 Å². The molecule has 1 aromatic heterocycles. The van der Waals surface area contributed by atoms with Crippen LogP contribution < -0.4 is 20.7 Å². The molecule has 2 unspecified atom stereocenters. The van der Waals surface area contributed by atoms with Gasteiger partial charge in [-0.1, -0.05) is 115 Å². The lowest BCUT2D eigenvalue weighted by Crippen LogP contribution is -2.42. The summed E-state index contributed by atoms with van der Waals surface area (Å²) in [7, 11) is 2.08. The summed E-state index contributed by atoms with van der Waals surface area (Å²) < 4.78 is 41.3. The van der Waals surface area contributed by atoms with Crippen molar-refractivity contribution in [3.63, 3.8) is 0 Å². The van der Waals surface area contributed by atoms with E-state index < -0.39 is 49.5 Å². The van der Waals surface area contributed by atoms with Gasteiger partial charge >= 0.3 is 5.69 Å². The Hall–Kier alpha value is -7.42. The fourth-order valence-electron chi connectivity index (χ4n) is 11.1. The lowest BCUT2D eigenvalue weighted by molar-refractivity contribution is -0.0985. The Bertz CT molecular complexity index is 3770. The number of aromatic amines is 1. The van der Waals surface area contributed by atoms with Crippen LogP contribution >= 0.6 is 8.15 Å². The van der Waals surface area contributed by atoms with Gasteiger partial charge in [0.1, 0.15) is 35.4 Å². The maximum Gasteiger partial charge on any atom is 0.330 e. The van der Waals surface area contributed by atoms with Crippen LogP contribution in [0.3, 0.4) is 0 Å². The van der Waals surface area contributed by atoms with E-state index in [0.29, 0.717) is 17.7 Å². The molecule has 12 heteroatoms. The number of ether oxygens (including phenoxy) is 5. The van der Waals surface area contributed by atoms with Crippen LogP contribution in [0.25, 0.3) is 69.5 Å². The van der Waals surface area contributed by atoms with Crippen molar-refractivity contribution in [2.24, 2.45) is 0 Å². The Kier molecular flexibility index (Phi) is 11.4. The molecular formula is C59H48N3O8P. The molecule has 11 nitrogen and oxygen atoms in total. The van der Waals surface area contributed by atoms with Crippen LogP contribution in [0.4, 0.5) is 0 Å². The van der Waals surface area contributed by atoms with Crippen molar-refractivity contribution >= 4 is 72.8 Å². The predicted octanol–water partition coefficient (Wildman–Crippen LogP) is 11.6. The van der Waals surface area contributed by atoms with Crippen molar-refractivity contribution in [1.29, 1.82) is 0 Å². The molecule has 5 atom stereocenters. The number of methoxy groups -OCH3 is 2. The van der Waals surface area contributed by atoms with Gasteiger partial charge in [0, 0.05) is 20.4 Å². The summed E-state index contributed by atoms with van der Waals surface area (Å²) in [6.45, 7) is 10.0. The minimum Gasteiger partial charge on any atom is -0.497 e. The molecule has 1 fully saturated rings. The summed E-state index contributed by atoms with van der Waals surface area (Å²) in [4.78, 5) is 32.5. The van der Waals surface area contributed by atoms with E-state index in [2.05, 4.69) is 76.6 Å². The number of hydrogen-bond acceptors (Lipinski definition) is 8. The highest BCUT2D eigenvalue weighted by atomic mass is 31.1. The monoisotopic (exact) mass is 957 g/mol. The highest BCUT2D eigenvalue weighted by Crippen LogP contribution is 2.50. The summed E-state index contributed by atoms with van der Waals surface area (Å²) in [6.07, 6.45) is -1.59. The molecule has 10 aromatic carbocycles. The van der Waals surface area contributed by atoms with Crippen LogP contribution in [-0.2, 0) is 30.9 Å². The van der Waals surface area contributed by atoms with Crippen LogP contribution in [0.15, 0.2) is 167 Å². The summed E-state index contributed by atoms with van der Waals surface area (Å²) in [6, 6.07) is 51.3. The molecule has 1 saturated heterocycles. The Balaban J connectivity index is 0.988. The van der Waals surface area contributed by atoms with Gasteiger partial charge in [-0.05, 0) is 124 Å². The van der Waals surface area contributed by atoms with Crippen LogP contribution in [0.5, 0.6) is 11.5 Å². The highest BCUT2D eigenvalue weighted by Gasteiger charge is 2.50. The third kappa shape index (κ3) is 7.45. The van der Waals surface area contributed by atoms with Gasteiger partial charge in [0.15, 0.2) is 6.23 Å². The number of aromatic nitrogens is 2. The maximum atomic E-state index is 13.9. The van der Waals surface area contributed by atoms with Gasteiger partial charge in [-0.2, -0.15) is 0 Å². The summed E-state index contributed by atoms with van der Waals surface area (Å²) in [5, 5.41) is 14.4. The first-order valence-electron chi connectivity index (χ1n) is 23.7. The van der Waals surface area contributed by atoms with Gasteiger partial charge < -0.3 is 33.1 Å². The zero-order valence-corrected chi connectivity index (χ0v) is 40.2. The number of hydrogen-bond donors (Lipinski definition) is 1. The molecule has 0 bridgehead atoms. The first-order valence-corrected chi connectivity index (χ1v) is 25.5. The zero-order valence-electron chi connectivity index (χ0n) is 39.3. The summed E-state index contributed by atoms with van der Waals surface area (Å²) in [5.74, 6) is 1.38. The Morgan fingerprint density at radius 2 is 1.20 bits per heavy atom. The first-order chi connectivity index (χ1) is 34.8. The lowest BCUT2D eigenvalue weighted by Gasteiger charge is -2.37. The predicted molar refractivity (Wildman–Crippen MR) is 281 cm³/mol. The SMILES string of the molecule is [C-]#[N+]CCP(C)OC1[C@@H](COC(c2ccccc2)(c2ccc(OC)cc2)c2ccc(OC)cc2)O[C@@H](n2ccc(=O)[nH]c2=O)[C@H]1OCc1cc2ccc3ccc4ccc5ccc6ccc1c1c6c5c4c3c21. The average Bonchev–Trinajstić information content (AvgIpc) is 3.74. The van der Waals surface area contributed by atoms with Gasteiger partial charge in [0.05, 0.1) is 33.6 Å². The third-order valence-electron chi connectivity index (χ3n) is 14.4. The average molecular weight is 958 g/mol. The van der Waals surface area contributed by atoms with E-state index in [4.69, 9.17) is 34.8 Å². The van der Waals surface area contributed by atoms with Crippen LogP contribution in [-0.4, -0.2) is 68.1 Å². The fourth-order valence-corrected chi connectivity index (χ4v) is 12.3. The van der Waals surface area contributed by atoms with Gasteiger partial charge in [-0.15, -0.1) is 0 Å². The van der Waals surface area contributed by atoms with Crippen molar-refractivity contribution < 1.29 is 28.2 Å². The second kappa shape index (κ2) is 18.1. The second-order valence-electron chi connectivity index (χ2n) is 18.3. The quantitative estimate of drug-likeness (QED) is 0.0335. The van der Waals surface area contributed by atoms with E-state index in [9.17, 15) is 9.59 Å². The van der Waals surface area contributed by atoms with Crippen molar-refractivity contribution in [3.8, 4) is 11.5 Å². The summed E-state index contributed by atoms with van der Waals surface area (Å²) in [5.41, 5.74) is 1.11. The minimum absolute atomic E-state index is 0.0279. The Morgan fingerprint density at radius 1 is 0.662 bits per heavy atom. The van der Waals surface area contributed by atoms with Gasteiger partial charge in [0.25, 0.3) is 5.56 Å². The van der Waals surface area contributed by atoms with Crippen molar-refractivity contribution in [2.75, 3.05) is 40.2 Å². The van der Waals surface area contributed by atoms with E-state index in [1.807, 2.05) is 85.5 Å². The zero-order chi connectivity index (χ0) is 48.4. The van der Waals surface area contributed by atoms with Crippen LogP contribution in [0.2, 0.25) is 0 Å². The lowest BCUT2D eigenvalue weighted by atomic mass is 9.80. The third-order valence-corrected chi connectivity index (χ3v) is 15.8. The molecule has 1 aliphatic heterocycles. The molecule has 71 heavy (non-hydrogen) atoms. The maximum absolute atomic E-state index is 13.9. The molecule has 0 saturated carbocycles. The molecule has 2 heterocycles. The van der Waals surface area contributed by atoms with E-state index in [0.717, 1.165) is 33.0 Å². The van der Waals surface area contributed by atoms with E-state index in [1.165, 1.54) is 70.7 Å². The highest BCUT2D eigenvalue weighted by molar-refractivity contribution is 7.51. The molecule has 0 spiro atoms. The number of benzene rings is 10. The molecule has 0 amide bonds. The topological polar surface area (TPSA) is 115 Å². The Morgan fingerprint density at radius 3 is 1.76 bits per heavy atom. The number of nitrogens with zero attached hydrogens (tertiary/aromatic N) is 2. The minimum atomic E-state index is -1.20. The largest absolute Gasteiger partial charge is 0.497 e. The molecule has 0 aliphatic carbocycles. The second-order valence-corrected chi connectivity index (χ2v) is 20.2. The number of rotatable bonds is 16. The van der Waals surface area contributed by atoms with Gasteiger partial charge in [0.2, 0.25) is 6.54 Å². The molecule has 1 N–H and O–H groups in total. The van der Waals surface area contributed by atoms with E-state index >= 15 is 0 Å². The van der Waals surface area contributed by atoms with Gasteiger partial charge in [-0.3, -0.25) is 14.3 Å². The van der Waals surface area contributed by atoms with Crippen molar-refractivity contribution in [3.05, 3.63) is 212 Å². The van der Waals surface area contributed by atoms with E-state index in [-0.39, 0.29) is 19.8 Å². The van der Waals surface area contributed by atoms with Crippen LogP contribution in [0.1, 0.15) is 28.5 Å². The molecule has 352 valence electrons. The molecule has 12 rings (SSSR count). The van der Waals surface area contributed by atoms with Gasteiger partial charge in [-0.25, -0.2) is 11.4 Å². The smallest absolute Gasteiger partial charge is 0.330 e. The van der Waals surface area contributed by atoms with Crippen molar-refractivity contribution in [1.82, 2.24) is 9.55 Å². The normalized spacial score (nSPS) is 17.9. The van der Waals surface area contributed by atoms with E-state index in [1.54, 1.807) is 14.2 Å². The Labute approximate surface area is 409 Å². The molecule has 0 radical (unpaired) electrons.